The van der Waals surface area contributed by atoms with Crippen molar-refractivity contribution in [2.75, 3.05) is 31.6 Å². The number of carbonyl (C=O) groups is 1. The topological polar surface area (TPSA) is 63.7 Å². The number of amides is 1. The molecule has 0 saturated carbocycles. The summed E-state index contributed by atoms with van der Waals surface area (Å²) in [6.07, 6.45) is 3.52. The highest BCUT2D eigenvalue weighted by molar-refractivity contribution is 6.29. The van der Waals surface area contributed by atoms with E-state index in [4.69, 9.17) is 21.1 Å². The van der Waals surface area contributed by atoms with Crippen LogP contribution in [0, 0.1) is 0 Å². The van der Waals surface area contributed by atoms with Gasteiger partial charge in [-0.1, -0.05) is 11.6 Å². The summed E-state index contributed by atoms with van der Waals surface area (Å²) in [4.78, 5) is 18.5. The van der Waals surface area contributed by atoms with Crippen molar-refractivity contribution in [1.29, 1.82) is 0 Å². The molecule has 1 aromatic heterocycles. The molecule has 2 aromatic rings. The van der Waals surface area contributed by atoms with Gasteiger partial charge in [0.15, 0.2) is 11.5 Å². The molecular weight excluding hydrogens is 354 g/mol. The van der Waals surface area contributed by atoms with Crippen molar-refractivity contribution in [1.82, 2.24) is 9.88 Å². The summed E-state index contributed by atoms with van der Waals surface area (Å²) in [6.45, 7) is 2.54. The molecule has 136 valence electrons. The highest BCUT2D eigenvalue weighted by Gasteiger charge is 2.25. The van der Waals surface area contributed by atoms with Gasteiger partial charge in [-0.15, -0.1) is 0 Å². The molecular formula is C19H20ClN3O3. The van der Waals surface area contributed by atoms with E-state index in [1.807, 2.05) is 23.1 Å². The Hall–Kier alpha value is -2.47. The Morgan fingerprint density at radius 1 is 1.19 bits per heavy atom. The Balaban J connectivity index is 1.43. The number of nitrogens with one attached hydrogen (secondary N) is 1. The van der Waals surface area contributed by atoms with E-state index in [2.05, 4.69) is 10.3 Å². The molecule has 26 heavy (non-hydrogen) atoms. The molecule has 0 unspecified atom stereocenters. The first kappa shape index (κ1) is 17.0. The zero-order chi connectivity index (χ0) is 17.9. The molecule has 4 rings (SSSR count). The van der Waals surface area contributed by atoms with Gasteiger partial charge in [-0.3, -0.25) is 4.79 Å². The first-order chi connectivity index (χ1) is 12.7. The predicted molar refractivity (Wildman–Crippen MR) is 99.2 cm³/mol. The SMILES string of the molecule is O=C(c1ccnc(Cl)c1)N1CCC[C@@H](Nc2ccc3c(c2)OCCO3)C1. The highest BCUT2D eigenvalue weighted by atomic mass is 35.5. The van der Waals surface area contributed by atoms with Crippen molar-refractivity contribution in [3.8, 4) is 11.5 Å². The summed E-state index contributed by atoms with van der Waals surface area (Å²) in [5, 5.41) is 3.84. The molecule has 1 N–H and O–H groups in total. The van der Waals surface area contributed by atoms with Crippen LogP contribution in [-0.4, -0.2) is 48.1 Å². The molecule has 1 fully saturated rings. The number of likely N-dealkylation sites (tertiary alicyclic amines) is 1. The number of carbonyl (C=O) groups excluding carboxylic acids is 1. The number of nitrogens with zero attached hydrogens (tertiary/aromatic N) is 2. The van der Waals surface area contributed by atoms with Crippen LogP contribution < -0.4 is 14.8 Å². The molecule has 2 aliphatic rings. The molecule has 3 heterocycles. The molecule has 1 amide bonds. The van der Waals surface area contributed by atoms with Crippen molar-refractivity contribution < 1.29 is 14.3 Å². The van der Waals surface area contributed by atoms with Gasteiger partial charge in [0.2, 0.25) is 0 Å². The van der Waals surface area contributed by atoms with Gasteiger partial charge in [0.1, 0.15) is 18.4 Å². The van der Waals surface area contributed by atoms with E-state index in [9.17, 15) is 4.79 Å². The summed E-state index contributed by atoms with van der Waals surface area (Å²) >= 11 is 5.91. The number of piperidine rings is 1. The molecule has 0 radical (unpaired) electrons. The number of fused-ring (bicyclic) bond motifs is 1. The lowest BCUT2D eigenvalue weighted by atomic mass is 10.0. The van der Waals surface area contributed by atoms with Crippen molar-refractivity contribution in [3.63, 3.8) is 0 Å². The van der Waals surface area contributed by atoms with Crippen LogP contribution in [0.2, 0.25) is 5.15 Å². The van der Waals surface area contributed by atoms with Gasteiger partial charge in [-0.05, 0) is 37.1 Å². The smallest absolute Gasteiger partial charge is 0.254 e. The van der Waals surface area contributed by atoms with Gasteiger partial charge < -0.3 is 19.7 Å². The Morgan fingerprint density at radius 2 is 2.04 bits per heavy atom. The van der Waals surface area contributed by atoms with E-state index < -0.39 is 0 Å². The third kappa shape index (κ3) is 3.70. The summed E-state index contributed by atoms with van der Waals surface area (Å²) in [7, 11) is 0. The van der Waals surface area contributed by atoms with Crippen LogP contribution in [0.5, 0.6) is 11.5 Å². The maximum Gasteiger partial charge on any atom is 0.254 e. The Bertz CT molecular complexity index is 814. The van der Waals surface area contributed by atoms with Crippen LogP contribution in [0.4, 0.5) is 5.69 Å². The fourth-order valence-corrected chi connectivity index (χ4v) is 3.54. The van der Waals surface area contributed by atoms with Gasteiger partial charge in [0.25, 0.3) is 5.91 Å². The van der Waals surface area contributed by atoms with Gasteiger partial charge in [0.05, 0.1) is 0 Å². The molecule has 2 aliphatic heterocycles. The lowest BCUT2D eigenvalue weighted by molar-refractivity contribution is 0.0714. The number of halogens is 1. The molecule has 0 bridgehead atoms. The minimum Gasteiger partial charge on any atom is -0.486 e. The second-order valence-electron chi connectivity index (χ2n) is 6.46. The molecule has 1 aromatic carbocycles. The Labute approximate surface area is 157 Å². The zero-order valence-corrected chi connectivity index (χ0v) is 15.0. The number of benzene rings is 1. The average Bonchev–Trinajstić information content (AvgIpc) is 2.67. The minimum atomic E-state index is -0.0111. The number of pyridine rings is 1. The Morgan fingerprint density at radius 3 is 2.88 bits per heavy atom. The van der Waals surface area contributed by atoms with Gasteiger partial charge >= 0.3 is 0 Å². The van der Waals surface area contributed by atoms with E-state index in [0.717, 1.165) is 36.6 Å². The normalized spacial score (nSPS) is 19.1. The van der Waals surface area contributed by atoms with Crippen LogP contribution in [0.3, 0.4) is 0 Å². The first-order valence-electron chi connectivity index (χ1n) is 8.76. The number of ether oxygens (including phenoxy) is 2. The van der Waals surface area contributed by atoms with Crippen molar-refractivity contribution >= 4 is 23.2 Å². The molecule has 7 heteroatoms. The summed E-state index contributed by atoms with van der Waals surface area (Å²) in [5.41, 5.74) is 1.55. The number of aromatic nitrogens is 1. The van der Waals surface area contributed by atoms with E-state index in [0.29, 0.717) is 30.5 Å². The number of hydrogen-bond donors (Lipinski definition) is 1. The number of rotatable bonds is 3. The summed E-state index contributed by atoms with van der Waals surface area (Å²) in [5.74, 6) is 1.52. The van der Waals surface area contributed by atoms with Crippen LogP contribution >= 0.6 is 11.6 Å². The lowest BCUT2D eigenvalue weighted by Gasteiger charge is -2.34. The highest BCUT2D eigenvalue weighted by Crippen LogP contribution is 2.33. The van der Waals surface area contributed by atoms with Gasteiger partial charge in [-0.25, -0.2) is 4.98 Å². The summed E-state index contributed by atoms with van der Waals surface area (Å²) in [6, 6.07) is 9.36. The molecule has 1 atom stereocenters. The zero-order valence-electron chi connectivity index (χ0n) is 14.3. The van der Waals surface area contributed by atoms with Crippen LogP contribution in [0.15, 0.2) is 36.5 Å². The standard InChI is InChI=1S/C19H20ClN3O3/c20-18-10-13(5-6-21-18)19(24)23-7-1-2-15(12-23)22-14-3-4-16-17(11-14)26-9-8-25-16/h3-6,10-11,15,22H,1-2,7-9,12H2/t15-/m1/s1. The minimum absolute atomic E-state index is 0.0111. The molecule has 6 nitrogen and oxygen atoms in total. The second kappa shape index (κ2) is 7.41. The molecule has 0 aliphatic carbocycles. The van der Waals surface area contributed by atoms with Crippen LogP contribution in [0.25, 0.3) is 0 Å². The quantitative estimate of drug-likeness (QED) is 0.837. The van der Waals surface area contributed by atoms with Crippen molar-refractivity contribution in [2.24, 2.45) is 0 Å². The third-order valence-corrected chi connectivity index (χ3v) is 4.80. The number of hydrogen-bond acceptors (Lipinski definition) is 5. The van der Waals surface area contributed by atoms with E-state index in [1.54, 1.807) is 18.3 Å². The van der Waals surface area contributed by atoms with E-state index >= 15 is 0 Å². The monoisotopic (exact) mass is 373 g/mol. The fraction of sp³-hybridized carbons (Fsp3) is 0.368. The van der Waals surface area contributed by atoms with E-state index in [-0.39, 0.29) is 11.9 Å². The van der Waals surface area contributed by atoms with Gasteiger partial charge in [0, 0.05) is 42.6 Å². The number of anilines is 1. The van der Waals surface area contributed by atoms with Crippen molar-refractivity contribution in [2.45, 2.75) is 18.9 Å². The third-order valence-electron chi connectivity index (χ3n) is 4.60. The molecule has 1 saturated heterocycles. The largest absolute Gasteiger partial charge is 0.486 e. The maximum atomic E-state index is 12.7. The lowest BCUT2D eigenvalue weighted by Crippen LogP contribution is -2.45. The van der Waals surface area contributed by atoms with Crippen molar-refractivity contribution in [3.05, 3.63) is 47.2 Å². The van der Waals surface area contributed by atoms with Crippen LogP contribution in [-0.2, 0) is 0 Å². The maximum absolute atomic E-state index is 12.7. The predicted octanol–water partition coefficient (Wildman–Crippen LogP) is 3.22. The fourth-order valence-electron chi connectivity index (χ4n) is 3.37. The van der Waals surface area contributed by atoms with Gasteiger partial charge in [-0.2, -0.15) is 0 Å². The average molecular weight is 374 g/mol. The van der Waals surface area contributed by atoms with Crippen LogP contribution in [0.1, 0.15) is 23.2 Å². The first-order valence-corrected chi connectivity index (χ1v) is 9.14. The second-order valence-corrected chi connectivity index (χ2v) is 6.85. The molecule has 0 spiro atoms. The Kier molecular flexibility index (Phi) is 4.84. The van der Waals surface area contributed by atoms with E-state index in [1.165, 1.54) is 0 Å². The summed E-state index contributed by atoms with van der Waals surface area (Å²) < 4.78 is 11.2.